The largest absolute Gasteiger partial charge is 0.477 e. The standard InChI is InChI=1S/C25H20ClF3N4O5/c1-30-18-8-7-15(9-19(18)32(23(30)37)10-13-5-6-13)31-12-16(22(35)36)21(34)33(24(31)38)11-14-3-2-4-17(26)20(14)25(27,28)29/h2-4,7-9,12-13H,5-6,10-11H2,1H3,(H,35,36). The van der Waals surface area contributed by atoms with Gasteiger partial charge in [-0.05, 0) is 48.6 Å². The summed E-state index contributed by atoms with van der Waals surface area (Å²) in [4.78, 5) is 51.0. The van der Waals surface area contributed by atoms with Crippen molar-refractivity contribution in [1.29, 1.82) is 0 Å². The van der Waals surface area contributed by atoms with Crippen molar-refractivity contribution in [3.63, 3.8) is 0 Å². The molecule has 5 rings (SSSR count). The molecule has 0 aliphatic heterocycles. The number of rotatable bonds is 6. The predicted molar refractivity (Wildman–Crippen MR) is 132 cm³/mol. The molecule has 9 nitrogen and oxygen atoms in total. The zero-order valence-electron chi connectivity index (χ0n) is 19.8. The van der Waals surface area contributed by atoms with Crippen molar-refractivity contribution in [2.45, 2.75) is 32.1 Å². The highest BCUT2D eigenvalue weighted by molar-refractivity contribution is 6.31. The Balaban J connectivity index is 1.72. The molecule has 0 bridgehead atoms. The zero-order valence-corrected chi connectivity index (χ0v) is 20.6. The van der Waals surface area contributed by atoms with Crippen LogP contribution in [0.15, 0.2) is 57.0 Å². The molecule has 0 saturated heterocycles. The molecule has 2 aromatic carbocycles. The summed E-state index contributed by atoms with van der Waals surface area (Å²) in [6.45, 7) is -0.391. The van der Waals surface area contributed by atoms with Crippen LogP contribution in [0.1, 0.15) is 34.3 Å². The van der Waals surface area contributed by atoms with Crippen molar-refractivity contribution in [1.82, 2.24) is 18.3 Å². The van der Waals surface area contributed by atoms with Crippen LogP contribution in [0.2, 0.25) is 5.02 Å². The molecule has 1 N–H and O–H groups in total. The van der Waals surface area contributed by atoms with E-state index in [9.17, 15) is 37.5 Å². The third-order valence-electron chi connectivity index (χ3n) is 6.66. The van der Waals surface area contributed by atoms with Crippen molar-refractivity contribution in [3.8, 4) is 5.69 Å². The minimum atomic E-state index is -4.88. The van der Waals surface area contributed by atoms with Gasteiger partial charge in [-0.25, -0.2) is 14.4 Å². The van der Waals surface area contributed by atoms with E-state index < -0.39 is 51.7 Å². The number of fused-ring (bicyclic) bond motifs is 1. The molecule has 2 heterocycles. The minimum absolute atomic E-state index is 0.135. The van der Waals surface area contributed by atoms with Gasteiger partial charge in [0.15, 0.2) is 0 Å². The highest BCUT2D eigenvalue weighted by atomic mass is 35.5. The second-order valence-electron chi connectivity index (χ2n) is 9.23. The van der Waals surface area contributed by atoms with Gasteiger partial charge in [-0.1, -0.05) is 23.7 Å². The lowest BCUT2D eigenvalue weighted by Crippen LogP contribution is -2.42. The number of aromatic carboxylic acids is 1. The summed E-state index contributed by atoms with van der Waals surface area (Å²) in [5.41, 5.74) is -3.89. The van der Waals surface area contributed by atoms with Crippen LogP contribution in [0.3, 0.4) is 0 Å². The average Bonchev–Trinajstić information content (AvgIpc) is 3.63. The van der Waals surface area contributed by atoms with Crippen molar-refractivity contribution < 1.29 is 23.1 Å². The number of nitrogens with zero attached hydrogens (tertiary/aromatic N) is 4. The lowest BCUT2D eigenvalue weighted by atomic mass is 10.1. The smallest absolute Gasteiger partial charge is 0.418 e. The van der Waals surface area contributed by atoms with Crippen molar-refractivity contribution in [2.24, 2.45) is 13.0 Å². The second-order valence-corrected chi connectivity index (χ2v) is 9.64. The van der Waals surface area contributed by atoms with E-state index in [4.69, 9.17) is 11.6 Å². The monoisotopic (exact) mass is 548 g/mol. The van der Waals surface area contributed by atoms with E-state index in [-0.39, 0.29) is 11.4 Å². The molecule has 0 unspecified atom stereocenters. The molecule has 13 heteroatoms. The van der Waals surface area contributed by atoms with Crippen LogP contribution in [0.5, 0.6) is 0 Å². The molecule has 0 spiro atoms. The summed E-state index contributed by atoms with van der Waals surface area (Å²) >= 11 is 5.78. The summed E-state index contributed by atoms with van der Waals surface area (Å²) in [7, 11) is 1.60. The normalized spacial score (nSPS) is 13.8. The van der Waals surface area contributed by atoms with Crippen LogP contribution >= 0.6 is 11.6 Å². The Bertz CT molecular complexity index is 1790. The lowest BCUT2D eigenvalue weighted by molar-refractivity contribution is -0.138. The maximum Gasteiger partial charge on any atom is 0.418 e. The molecule has 2 aromatic heterocycles. The van der Waals surface area contributed by atoms with Gasteiger partial charge >= 0.3 is 23.5 Å². The molecule has 4 aromatic rings. The maximum atomic E-state index is 13.7. The molecule has 1 saturated carbocycles. The molecule has 0 radical (unpaired) electrons. The number of carbonyl (C=O) groups is 1. The third kappa shape index (κ3) is 4.34. The topological polar surface area (TPSA) is 108 Å². The highest BCUT2D eigenvalue weighted by Gasteiger charge is 2.36. The van der Waals surface area contributed by atoms with E-state index in [2.05, 4.69) is 0 Å². The van der Waals surface area contributed by atoms with Gasteiger partial charge in [0.25, 0.3) is 5.56 Å². The summed E-state index contributed by atoms with van der Waals surface area (Å²) in [5, 5.41) is 9.01. The highest BCUT2D eigenvalue weighted by Crippen LogP contribution is 2.37. The first-order chi connectivity index (χ1) is 17.9. The molecular formula is C25H20ClF3N4O5. The number of benzene rings is 2. The molecule has 198 valence electrons. The van der Waals surface area contributed by atoms with Gasteiger partial charge in [0.05, 0.1) is 33.9 Å². The van der Waals surface area contributed by atoms with E-state index in [0.717, 1.165) is 35.7 Å². The van der Waals surface area contributed by atoms with Crippen LogP contribution in [0.25, 0.3) is 16.7 Å². The fraction of sp³-hybridized carbons (Fsp3) is 0.280. The number of hydrogen-bond acceptors (Lipinski definition) is 4. The quantitative estimate of drug-likeness (QED) is 0.397. The SMILES string of the molecule is Cn1c(=O)n(CC2CC2)c2cc(-n3cc(C(=O)O)c(=O)n(Cc4cccc(Cl)c4C(F)(F)F)c3=O)ccc21. The van der Waals surface area contributed by atoms with E-state index in [1.54, 1.807) is 17.7 Å². The fourth-order valence-electron chi connectivity index (χ4n) is 4.55. The molecule has 38 heavy (non-hydrogen) atoms. The first-order valence-electron chi connectivity index (χ1n) is 11.5. The molecule has 1 fully saturated rings. The van der Waals surface area contributed by atoms with Crippen molar-refractivity contribution >= 4 is 28.6 Å². The van der Waals surface area contributed by atoms with Gasteiger partial charge in [-0.15, -0.1) is 0 Å². The summed E-state index contributed by atoms with van der Waals surface area (Å²) in [6, 6.07) is 7.88. The Kier molecular flexibility index (Phi) is 6.09. The van der Waals surface area contributed by atoms with E-state index in [1.165, 1.54) is 22.8 Å². The Morgan fingerprint density at radius 3 is 2.39 bits per heavy atom. The van der Waals surface area contributed by atoms with Crippen LogP contribution < -0.4 is 16.9 Å². The van der Waals surface area contributed by atoms with E-state index in [1.807, 2.05) is 0 Å². The van der Waals surface area contributed by atoms with Crippen molar-refractivity contribution in [2.75, 3.05) is 0 Å². The van der Waals surface area contributed by atoms with E-state index >= 15 is 0 Å². The van der Waals surface area contributed by atoms with Gasteiger partial charge in [0, 0.05) is 19.8 Å². The number of imidazole rings is 1. The second kappa shape index (κ2) is 9.05. The first-order valence-corrected chi connectivity index (χ1v) is 11.9. The predicted octanol–water partition coefficient (Wildman–Crippen LogP) is 3.48. The maximum absolute atomic E-state index is 13.7. The zero-order chi connectivity index (χ0) is 27.5. The number of alkyl halides is 3. The van der Waals surface area contributed by atoms with Crippen LogP contribution in [0, 0.1) is 5.92 Å². The number of aromatic nitrogens is 4. The van der Waals surface area contributed by atoms with Crippen molar-refractivity contribution in [3.05, 3.63) is 95.6 Å². The molecule has 0 amide bonds. The molecule has 0 atom stereocenters. The summed E-state index contributed by atoms with van der Waals surface area (Å²) in [6.07, 6.45) is -2.08. The van der Waals surface area contributed by atoms with Crippen LogP contribution in [0.4, 0.5) is 13.2 Å². The average molecular weight is 549 g/mol. The molecular weight excluding hydrogens is 529 g/mol. The Labute approximate surface area is 216 Å². The van der Waals surface area contributed by atoms with Gasteiger partial charge in [-0.3, -0.25) is 23.1 Å². The third-order valence-corrected chi connectivity index (χ3v) is 6.97. The molecule has 1 aliphatic carbocycles. The minimum Gasteiger partial charge on any atom is -0.477 e. The van der Waals surface area contributed by atoms with Gasteiger partial charge in [-0.2, -0.15) is 13.2 Å². The Morgan fingerprint density at radius 2 is 1.76 bits per heavy atom. The number of hydrogen-bond donors (Lipinski definition) is 1. The van der Waals surface area contributed by atoms with Gasteiger partial charge in [0.1, 0.15) is 5.56 Å². The Hall–Kier alpha value is -4.06. The number of aryl methyl sites for hydroxylation is 1. The van der Waals surface area contributed by atoms with Crippen LogP contribution in [-0.2, 0) is 26.3 Å². The lowest BCUT2D eigenvalue weighted by Gasteiger charge is -2.17. The number of carboxylic acids is 1. The number of halogens is 4. The van der Waals surface area contributed by atoms with E-state index in [0.29, 0.717) is 28.1 Å². The first kappa shape index (κ1) is 25.6. The summed E-state index contributed by atoms with van der Waals surface area (Å²) in [5.74, 6) is -1.31. The summed E-state index contributed by atoms with van der Waals surface area (Å²) < 4.78 is 45.4. The Morgan fingerprint density at radius 1 is 1.05 bits per heavy atom. The number of carboxylic acid groups (broad SMARTS) is 1. The van der Waals surface area contributed by atoms with Gasteiger partial charge < -0.3 is 5.11 Å². The van der Waals surface area contributed by atoms with Crippen LogP contribution in [-0.4, -0.2) is 29.3 Å². The molecule has 1 aliphatic rings. The fourth-order valence-corrected chi connectivity index (χ4v) is 4.85. The van der Waals surface area contributed by atoms with Gasteiger partial charge in [0.2, 0.25) is 0 Å².